The lowest BCUT2D eigenvalue weighted by Gasteiger charge is -2.17. The maximum atomic E-state index is 12.5. The van der Waals surface area contributed by atoms with Crippen molar-refractivity contribution in [2.24, 2.45) is 0 Å². The average molecular weight is 398 g/mol. The van der Waals surface area contributed by atoms with E-state index in [0.717, 1.165) is 9.87 Å². The first kappa shape index (κ1) is 17.7. The zero-order valence-corrected chi connectivity index (χ0v) is 14.9. The molecule has 2 rings (SSSR count). The number of ether oxygens (including phenoxy) is 1. The molecule has 2 aromatic rings. The number of hydrogen-bond acceptors (Lipinski definition) is 4. The van der Waals surface area contributed by atoms with Crippen LogP contribution in [0.15, 0.2) is 64.0 Å². The highest BCUT2D eigenvalue weighted by Crippen LogP contribution is 2.23. The Morgan fingerprint density at radius 2 is 1.70 bits per heavy atom. The molecule has 0 unspecified atom stereocenters. The summed E-state index contributed by atoms with van der Waals surface area (Å²) in [6.45, 7) is -0.237. The van der Waals surface area contributed by atoms with E-state index in [1.165, 1.54) is 13.1 Å². The summed E-state index contributed by atoms with van der Waals surface area (Å²) in [5.74, 6) is -0.605. The summed E-state index contributed by atoms with van der Waals surface area (Å²) in [7, 11) is -2.42. The van der Waals surface area contributed by atoms with E-state index < -0.39 is 16.0 Å². The largest absolute Gasteiger partial charge is 0.460 e. The molecule has 0 saturated carbocycles. The van der Waals surface area contributed by atoms with Crippen LogP contribution in [0.25, 0.3) is 0 Å². The Balaban J connectivity index is 1.99. The predicted molar refractivity (Wildman–Crippen MR) is 90.2 cm³/mol. The molecule has 0 heterocycles. The van der Waals surface area contributed by atoms with E-state index in [1.54, 1.807) is 18.2 Å². The minimum absolute atomic E-state index is 0.110. The average Bonchev–Trinajstić information content (AvgIpc) is 2.54. The van der Waals surface area contributed by atoms with Crippen molar-refractivity contribution in [3.63, 3.8) is 0 Å². The lowest BCUT2D eigenvalue weighted by molar-refractivity contribution is -0.144. The smallest absolute Gasteiger partial charge is 0.321 e. The molecule has 0 saturated heterocycles. The molecule has 0 aliphatic rings. The number of hydrogen-bond donors (Lipinski definition) is 0. The Morgan fingerprint density at radius 3 is 2.35 bits per heavy atom. The molecule has 0 aliphatic heterocycles. The third-order valence-corrected chi connectivity index (χ3v) is 5.93. The van der Waals surface area contributed by atoms with E-state index in [9.17, 15) is 13.2 Å². The van der Waals surface area contributed by atoms with Gasteiger partial charge in [-0.25, -0.2) is 8.42 Å². The Hall–Kier alpha value is -1.70. The summed E-state index contributed by atoms with van der Waals surface area (Å²) in [5.41, 5.74) is 0.845. The highest BCUT2D eigenvalue weighted by atomic mass is 79.9. The molecular weight excluding hydrogens is 382 g/mol. The van der Waals surface area contributed by atoms with Gasteiger partial charge >= 0.3 is 5.97 Å². The topological polar surface area (TPSA) is 63.7 Å². The van der Waals surface area contributed by atoms with Gasteiger partial charge < -0.3 is 4.74 Å². The van der Waals surface area contributed by atoms with E-state index in [0.29, 0.717) is 4.47 Å². The quantitative estimate of drug-likeness (QED) is 0.702. The number of carbonyl (C=O) groups excluding carboxylic acids is 1. The van der Waals surface area contributed by atoms with Crippen LogP contribution < -0.4 is 0 Å². The fourth-order valence-corrected chi connectivity index (χ4v) is 3.95. The summed E-state index contributed by atoms with van der Waals surface area (Å²) < 4.78 is 31.4. The summed E-state index contributed by atoms with van der Waals surface area (Å²) in [6.07, 6.45) is 0. The van der Waals surface area contributed by atoms with Gasteiger partial charge in [0.15, 0.2) is 0 Å². The summed E-state index contributed by atoms with van der Waals surface area (Å²) in [6, 6.07) is 15.7. The molecule has 0 fully saturated rings. The van der Waals surface area contributed by atoms with E-state index in [-0.39, 0.29) is 18.0 Å². The van der Waals surface area contributed by atoms with E-state index in [1.807, 2.05) is 30.3 Å². The van der Waals surface area contributed by atoms with Crippen LogP contribution in [0, 0.1) is 0 Å². The standard InChI is InChI=1S/C16H16BrNO4S/c1-18(23(20,21)15-10-6-5-9-14(15)17)11-16(19)22-12-13-7-3-2-4-8-13/h2-10H,11-12H2,1H3. The molecule has 0 aliphatic carbocycles. The first-order valence-electron chi connectivity index (χ1n) is 6.81. The number of halogens is 1. The van der Waals surface area contributed by atoms with Crippen molar-refractivity contribution in [1.29, 1.82) is 0 Å². The first-order chi connectivity index (χ1) is 10.9. The normalized spacial score (nSPS) is 11.4. The van der Waals surface area contributed by atoms with Crippen LogP contribution in [0.4, 0.5) is 0 Å². The number of benzene rings is 2. The van der Waals surface area contributed by atoms with E-state index in [2.05, 4.69) is 15.9 Å². The maximum absolute atomic E-state index is 12.5. The zero-order valence-electron chi connectivity index (χ0n) is 12.5. The van der Waals surface area contributed by atoms with Crippen LogP contribution in [0.1, 0.15) is 5.56 Å². The second kappa shape index (κ2) is 7.72. The van der Waals surface area contributed by atoms with Crippen molar-refractivity contribution < 1.29 is 17.9 Å². The Bertz CT molecular complexity index is 778. The van der Waals surface area contributed by atoms with Crippen molar-refractivity contribution in [1.82, 2.24) is 4.31 Å². The van der Waals surface area contributed by atoms with Gasteiger partial charge in [-0.05, 0) is 33.6 Å². The van der Waals surface area contributed by atoms with Crippen LogP contribution in [-0.2, 0) is 26.2 Å². The number of carbonyl (C=O) groups is 1. The van der Waals surface area contributed by atoms with Crippen LogP contribution in [0.3, 0.4) is 0 Å². The number of likely N-dealkylation sites (N-methyl/N-ethyl adjacent to an activating group) is 1. The number of rotatable bonds is 6. The van der Waals surface area contributed by atoms with Gasteiger partial charge in [-0.1, -0.05) is 42.5 Å². The summed E-state index contributed by atoms with van der Waals surface area (Å²) in [5, 5.41) is 0. The maximum Gasteiger partial charge on any atom is 0.321 e. The van der Waals surface area contributed by atoms with Crippen LogP contribution in [-0.4, -0.2) is 32.3 Å². The first-order valence-corrected chi connectivity index (χ1v) is 9.05. The number of sulfonamides is 1. The Labute approximate surface area is 144 Å². The second-order valence-electron chi connectivity index (χ2n) is 4.84. The van der Waals surface area contributed by atoms with Gasteiger partial charge in [0.1, 0.15) is 13.2 Å². The zero-order chi connectivity index (χ0) is 16.9. The highest BCUT2D eigenvalue weighted by Gasteiger charge is 2.25. The molecule has 122 valence electrons. The summed E-state index contributed by atoms with van der Waals surface area (Å²) >= 11 is 3.21. The van der Waals surface area contributed by atoms with Gasteiger partial charge in [0, 0.05) is 11.5 Å². The molecule has 0 amide bonds. The van der Waals surface area contributed by atoms with Gasteiger partial charge in [0.05, 0.1) is 4.90 Å². The van der Waals surface area contributed by atoms with Crippen molar-refractivity contribution in [3.05, 3.63) is 64.6 Å². The molecule has 0 N–H and O–H groups in total. The van der Waals surface area contributed by atoms with Gasteiger partial charge in [0.25, 0.3) is 0 Å². The van der Waals surface area contributed by atoms with Crippen molar-refractivity contribution in [3.8, 4) is 0 Å². The monoisotopic (exact) mass is 397 g/mol. The minimum Gasteiger partial charge on any atom is -0.460 e. The molecule has 0 bridgehead atoms. The Morgan fingerprint density at radius 1 is 1.09 bits per heavy atom. The SMILES string of the molecule is CN(CC(=O)OCc1ccccc1)S(=O)(=O)c1ccccc1Br. The van der Waals surface area contributed by atoms with E-state index in [4.69, 9.17) is 4.74 Å². The minimum atomic E-state index is -3.76. The molecule has 7 heteroatoms. The number of esters is 1. The van der Waals surface area contributed by atoms with Crippen molar-refractivity contribution >= 4 is 31.9 Å². The number of nitrogens with zero attached hydrogens (tertiary/aromatic N) is 1. The molecule has 2 aromatic carbocycles. The fraction of sp³-hybridized carbons (Fsp3) is 0.188. The fourth-order valence-electron chi connectivity index (χ4n) is 1.87. The van der Waals surface area contributed by atoms with Crippen molar-refractivity contribution in [2.45, 2.75) is 11.5 Å². The third kappa shape index (κ3) is 4.63. The van der Waals surface area contributed by atoms with Gasteiger partial charge in [-0.2, -0.15) is 4.31 Å². The highest BCUT2D eigenvalue weighted by molar-refractivity contribution is 9.10. The van der Waals surface area contributed by atoms with Crippen LogP contribution in [0.5, 0.6) is 0 Å². The van der Waals surface area contributed by atoms with Gasteiger partial charge in [-0.3, -0.25) is 4.79 Å². The molecule has 0 aromatic heterocycles. The third-order valence-electron chi connectivity index (χ3n) is 3.12. The molecule has 0 radical (unpaired) electrons. The lowest BCUT2D eigenvalue weighted by Crippen LogP contribution is -2.33. The van der Waals surface area contributed by atoms with Crippen LogP contribution >= 0.6 is 15.9 Å². The second-order valence-corrected chi connectivity index (χ2v) is 7.71. The molecule has 5 nitrogen and oxygen atoms in total. The van der Waals surface area contributed by atoms with Gasteiger partial charge in [-0.15, -0.1) is 0 Å². The van der Waals surface area contributed by atoms with E-state index >= 15 is 0 Å². The Kier molecular flexibility index (Phi) is 5.92. The van der Waals surface area contributed by atoms with Crippen molar-refractivity contribution in [2.75, 3.05) is 13.6 Å². The van der Waals surface area contributed by atoms with Gasteiger partial charge in [0.2, 0.25) is 10.0 Å². The molecule has 23 heavy (non-hydrogen) atoms. The molecular formula is C16H16BrNO4S. The molecule has 0 spiro atoms. The summed E-state index contributed by atoms with van der Waals surface area (Å²) in [4.78, 5) is 12.0. The molecule has 0 atom stereocenters. The lowest BCUT2D eigenvalue weighted by atomic mass is 10.2. The predicted octanol–water partition coefficient (Wildman–Crippen LogP) is 2.81. The van der Waals surface area contributed by atoms with Crippen LogP contribution in [0.2, 0.25) is 0 Å².